The number of hydrogen-bond acceptors (Lipinski definition) is 5. The van der Waals surface area contributed by atoms with Gasteiger partial charge in [-0.3, -0.25) is 10.1 Å². The first kappa shape index (κ1) is 12.6. The molecule has 0 aromatic heterocycles. The van der Waals surface area contributed by atoms with Crippen LogP contribution in [0.2, 0.25) is 0 Å². The highest BCUT2D eigenvalue weighted by atomic mass is 16.6. The normalized spacial score (nSPS) is 16.1. The van der Waals surface area contributed by atoms with Crippen LogP contribution in [0.1, 0.15) is 5.56 Å². The molecule has 0 radical (unpaired) electrons. The van der Waals surface area contributed by atoms with Gasteiger partial charge in [-0.2, -0.15) is 0 Å². The van der Waals surface area contributed by atoms with Crippen molar-refractivity contribution in [2.24, 2.45) is 0 Å². The van der Waals surface area contributed by atoms with Crippen LogP contribution in [0, 0.1) is 0 Å². The Hall–Kier alpha value is -2.83. The van der Waals surface area contributed by atoms with Crippen LogP contribution in [0.5, 0.6) is 5.75 Å². The fraction of sp³-hybridized carbons (Fsp3) is 0.0833. The van der Waals surface area contributed by atoms with Crippen molar-refractivity contribution in [3.05, 3.63) is 35.6 Å². The van der Waals surface area contributed by atoms with Gasteiger partial charge in [0.15, 0.2) is 12.4 Å². The molecule has 2 amide bonds. The summed E-state index contributed by atoms with van der Waals surface area (Å²) in [6, 6.07) is 6.47. The number of rotatable bonds is 4. The molecule has 7 nitrogen and oxygen atoms in total. The molecule has 0 spiro atoms. The summed E-state index contributed by atoms with van der Waals surface area (Å²) in [5.74, 6) is -1.67. The van der Waals surface area contributed by atoms with Gasteiger partial charge in [0.2, 0.25) is 0 Å². The van der Waals surface area contributed by atoms with E-state index in [1.165, 1.54) is 6.08 Å². The number of ether oxygens (including phenoxy) is 2. The molecule has 7 heteroatoms. The summed E-state index contributed by atoms with van der Waals surface area (Å²) < 4.78 is 9.70. The smallest absolute Gasteiger partial charge is 0.419 e. The number of carbonyl (C=O) groups excluding carboxylic acids is 2. The van der Waals surface area contributed by atoms with Crippen LogP contribution in [-0.2, 0) is 14.3 Å². The quantitative estimate of drug-likeness (QED) is 0.777. The predicted octanol–water partition coefficient (Wildman–Crippen LogP) is 0.757. The molecule has 98 valence electrons. The number of imide groups is 1. The van der Waals surface area contributed by atoms with E-state index >= 15 is 0 Å². The van der Waals surface area contributed by atoms with E-state index in [4.69, 9.17) is 9.84 Å². The van der Waals surface area contributed by atoms with Gasteiger partial charge >= 0.3 is 12.1 Å². The Labute approximate surface area is 107 Å². The number of nitrogens with one attached hydrogen (secondary N) is 1. The first-order valence-electron chi connectivity index (χ1n) is 5.25. The van der Waals surface area contributed by atoms with Gasteiger partial charge in [0.25, 0.3) is 5.91 Å². The van der Waals surface area contributed by atoms with Crippen LogP contribution < -0.4 is 10.1 Å². The van der Waals surface area contributed by atoms with E-state index in [9.17, 15) is 14.4 Å². The molecule has 0 unspecified atom stereocenters. The predicted molar refractivity (Wildman–Crippen MR) is 62.2 cm³/mol. The summed E-state index contributed by atoms with van der Waals surface area (Å²) in [6.07, 6.45) is 0.456. The van der Waals surface area contributed by atoms with Crippen LogP contribution in [0.15, 0.2) is 30.0 Å². The third kappa shape index (κ3) is 3.09. The lowest BCUT2D eigenvalue weighted by Crippen LogP contribution is -2.18. The summed E-state index contributed by atoms with van der Waals surface area (Å²) in [4.78, 5) is 32.6. The zero-order valence-electron chi connectivity index (χ0n) is 9.58. The van der Waals surface area contributed by atoms with Gasteiger partial charge in [-0.1, -0.05) is 18.2 Å². The van der Waals surface area contributed by atoms with Crippen molar-refractivity contribution < 1.29 is 29.0 Å². The van der Waals surface area contributed by atoms with Gasteiger partial charge in [0.1, 0.15) is 5.75 Å². The Balaban J connectivity index is 2.25. The highest BCUT2D eigenvalue weighted by molar-refractivity contribution is 6.10. The summed E-state index contributed by atoms with van der Waals surface area (Å²) in [5.41, 5.74) is 0.434. The van der Waals surface area contributed by atoms with Gasteiger partial charge < -0.3 is 14.6 Å². The van der Waals surface area contributed by atoms with Crippen LogP contribution in [-0.4, -0.2) is 29.7 Å². The highest BCUT2D eigenvalue weighted by Crippen LogP contribution is 2.22. The first-order valence-corrected chi connectivity index (χ1v) is 5.25. The maximum atomic E-state index is 11.3. The maximum Gasteiger partial charge on any atom is 0.419 e. The van der Waals surface area contributed by atoms with E-state index in [-0.39, 0.29) is 11.5 Å². The molecule has 1 aliphatic heterocycles. The number of alkyl carbamates (subject to hydrolysis) is 1. The molecular weight excluding hydrogens is 254 g/mol. The van der Waals surface area contributed by atoms with E-state index in [1.807, 2.05) is 5.32 Å². The molecule has 1 saturated heterocycles. The second kappa shape index (κ2) is 5.21. The fourth-order valence-corrected chi connectivity index (χ4v) is 1.43. The van der Waals surface area contributed by atoms with E-state index < -0.39 is 24.6 Å². The van der Waals surface area contributed by atoms with Gasteiger partial charge in [-0.15, -0.1) is 0 Å². The topological polar surface area (TPSA) is 102 Å². The van der Waals surface area contributed by atoms with Crippen LogP contribution in [0.25, 0.3) is 6.08 Å². The monoisotopic (exact) mass is 263 g/mol. The third-order valence-corrected chi connectivity index (χ3v) is 2.20. The molecule has 0 atom stereocenters. The van der Waals surface area contributed by atoms with E-state index in [0.717, 1.165) is 0 Å². The van der Waals surface area contributed by atoms with Gasteiger partial charge in [-0.25, -0.2) is 9.59 Å². The number of cyclic esters (lactones) is 1. The number of carboxylic acids is 1. The lowest BCUT2D eigenvalue weighted by Gasteiger charge is -2.06. The molecule has 2 rings (SSSR count). The molecule has 19 heavy (non-hydrogen) atoms. The molecular formula is C12H9NO6. The van der Waals surface area contributed by atoms with Crippen molar-refractivity contribution in [2.45, 2.75) is 0 Å². The van der Waals surface area contributed by atoms with Crippen molar-refractivity contribution in [2.75, 3.05) is 6.61 Å². The van der Waals surface area contributed by atoms with Crippen molar-refractivity contribution in [3.63, 3.8) is 0 Å². The zero-order valence-corrected chi connectivity index (χ0v) is 9.58. The van der Waals surface area contributed by atoms with E-state index in [0.29, 0.717) is 5.56 Å². The Morgan fingerprint density at radius 2 is 2.11 bits per heavy atom. The van der Waals surface area contributed by atoms with Gasteiger partial charge in [0, 0.05) is 5.56 Å². The molecule has 0 aliphatic carbocycles. The highest BCUT2D eigenvalue weighted by Gasteiger charge is 2.26. The first-order chi connectivity index (χ1) is 9.06. The van der Waals surface area contributed by atoms with Crippen molar-refractivity contribution in [1.82, 2.24) is 5.32 Å². The maximum absolute atomic E-state index is 11.3. The lowest BCUT2D eigenvalue weighted by molar-refractivity contribution is -0.139. The van der Waals surface area contributed by atoms with Crippen LogP contribution in [0.4, 0.5) is 4.79 Å². The number of para-hydroxylation sites is 1. The average Bonchev–Trinajstić information content (AvgIpc) is 2.67. The molecule has 1 aliphatic rings. The standard InChI is InChI=1S/C12H9NO6/c14-10(15)6-18-8-4-2-1-3-7(8)5-9-11(16)13-12(17)19-9/h1-5H,6H2,(H,14,15)(H,13,16,17)/b9-5+. The number of benzene rings is 1. The van der Waals surface area contributed by atoms with E-state index in [1.54, 1.807) is 24.3 Å². The summed E-state index contributed by atoms with van der Waals surface area (Å²) in [6.45, 7) is -0.508. The number of hydrogen-bond donors (Lipinski definition) is 2. The summed E-state index contributed by atoms with van der Waals surface area (Å²) in [5, 5.41) is 10.5. The average molecular weight is 263 g/mol. The second-order valence-electron chi connectivity index (χ2n) is 3.57. The third-order valence-electron chi connectivity index (χ3n) is 2.20. The van der Waals surface area contributed by atoms with Crippen molar-refractivity contribution in [3.8, 4) is 5.75 Å². The minimum absolute atomic E-state index is 0.170. The molecule has 0 saturated carbocycles. The molecule has 1 aromatic rings. The van der Waals surface area contributed by atoms with Crippen molar-refractivity contribution >= 4 is 24.0 Å². The second-order valence-corrected chi connectivity index (χ2v) is 3.57. The van der Waals surface area contributed by atoms with Crippen molar-refractivity contribution in [1.29, 1.82) is 0 Å². The molecule has 2 N–H and O–H groups in total. The van der Waals surface area contributed by atoms with Gasteiger partial charge in [-0.05, 0) is 12.1 Å². The Bertz CT molecular complexity index is 577. The molecule has 0 bridgehead atoms. The number of carbonyl (C=O) groups is 3. The molecule has 1 heterocycles. The number of aliphatic carboxylic acids is 1. The molecule has 1 fully saturated rings. The zero-order chi connectivity index (χ0) is 13.8. The molecule has 1 aromatic carbocycles. The van der Waals surface area contributed by atoms with E-state index in [2.05, 4.69) is 4.74 Å². The Morgan fingerprint density at radius 3 is 2.74 bits per heavy atom. The fourth-order valence-electron chi connectivity index (χ4n) is 1.43. The largest absolute Gasteiger partial charge is 0.481 e. The lowest BCUT2D eigenvalue weighted by atomic mass is 10.2. The van der Waals surface area contributed by atoms with Gasteiger partial charge in [0.05, 0.1) is 0 Å². The Morgan fingerprint density at radius 1 is 1.37 bits per heavy atom. The number of amides is 2. The van der Waals surface area contributed by atoms with Crippen LogP contribution >= 0.6 is 0 Å². The summed E-state index contributed by atoms with van der Waals surface area (Å²) in [7, 11) is 0. The minimum atomic E-state index is -1.12. The minimum Gasteiger partial charge on any atom is -0.481 e. The summed E-state index contributed by atoms with van der Waals surface area (Å²) >= 11 is 0. The number of carboxylic acid groups (broad SMARTS) is 1. The SMILES string of the molecule is O=C(O)COc1ccccc1/C=C1/OC(=O)NC1=O. The van der Waals surface area contributed by atoms with Crippen LogP contribution in [0.3, 0.4) is 0 Å². The Kier molecular flexibility index (Phi) is 3.46.